The Hall–Kier alpha value is -3.28. The van der Waals surface area contributed by atoms with Crippen molar-refractivity contribution in [2.45, 2.75) is 30.6 Å². The van der Waals surface area contributed by atoms with Gasteiger partial charge in [0.15, 0.2) is 0 Å². The minimum atomic E-state index is -3.88. The summed E-state index contributed by atoms with van der Waals surface area (Å²) in [4.78, 5) is 12.8. The van der Waals surface area contributed by atoms with Crippen LogP contribution in [0.2, 0.25) is 0 Å². The molecule has 1 aliphatic heterocycles. The van der Waals surface area contributed by atoms with Gasteiger partial charge < -0.3 is 5.32 Å². The predicted octanol–water partition coefficient (Wildman–Crippen LogP) is 4.24. The smallest absolute Gasteiger partial charge is 0.261 e. The molecule has 1 amide bonds. The van der Waals surface area contributed by atoms with Crippen LogP contribution in [-0.2, 0) is 31.3 Å². The van der Waals surface area contributed by atoms with Gasteiger partial charge in [-0.15, -0.1) is 0 Å². The number of sulfonamides is 2. The number of carbonyl (C=O) groups excluding carboxylic acids is 1. The first-order chi connectivity index (χ1) is 18.1. The Labute approximate surface area is 223 Å². The van der Waals surface area contributed by atoms with Gasteiger partial charge in [0.25, 0.3) is 10.0 Å². The van der Waals surface area contributed by atoms with E-state index in [1.165, 1.54) is 40.7 Å². The zero-order valence-corrected chi connectivity index (χ0v) is 22.3. The van der Waals surface area contributed by atoms with E-state index in [0.29, 0.717) is 31.4 Å². The first-order valence-electron chi connectivity index (χ1n) is 12.3. The van der Waals surface area contributed by atoms with Crippen molar-refractivity contribution in [2.24, 2.45) is 5.92 Å². The highest BCUT2D eigenvalue weighted by Crippen LogP contribution is 2.23. The Balaban J connectivity index is 1.25. The molecule has 1 aliphatic rings. The van der Waals surface area contributed by atoms with Gasteiger partial charge >= 0.3 is 0 Å². The maximum atomic E-state index is 13.1. The molecule has 0 radical (unpaired) electrons. The van der Waals surface area contributed by atoms with E-state index in [1.54, 1.807) is 0 Å². The summed E-state index contributed by atoms with van der Waals surface area (Å²) in [5, 5.41) is 2.79. The molecule has 8 nitrogen and oxygen atoms in total. The van der Waals surface area contributed by atoms with Crippen molar-refractivity contribution in [3.63, 3.8) is 0 Å². The van der Waals surface area contributed by atoms with Crippen LogP contribution in [0.4, 0.5) is 15.8 Å². The van der Waals surface area contributed by atoms with Gasteiger partial charge in [0, 0.05) is 30.4 Å². The number of hydrogen-bond donors (Lipinski definition) is 2. The Kier molecular flexibility index (Phi) is 8.80. The lowest BCUT2D eigenvalue weighted by atomic mass is 9.97. The van der Waals surface area contributed by atoms with Crippen LogP contribution in [0.25, 0.3) is 0 Å². The lowest BCUT2D eigenvalue weighted by molar-refractivity contribution is -0.120. The van der Waals surface area contributed by atoms with Crippen LogP contribution in [0.15, 0.2) is 83.8 Å². The molecule has 0 saturated carbocycles. The first kappa shape index (κ1) is 27.7. The van der Waals surface area contributed by atoms with Crippen molar-refractivity contribution in [2.75, 3.05) is 28.9 Å². The van der Waals surface area contributed by atoms with E-state index >= 15 is 0 Å². The lowest BCUT2D eigenvalue weighted by Crippen LogP contribution is -2.42. The summed E-state index contributed by atoms with van der Waals surface area (Å²) in [6, 6.07) is 20.4. The molecule has 1 saturated heterocycles. The normalized spacial score (nSPS) is 15.2. The Bertz CT molecular complexity index is 1440. The van der Waals surface area contributed by atoms with Crippen LogP contribution in [0.5, 0.6) is 0 Å². The number of aryl methyl sites for hydroxylation is 1. The van der Waals surface area contributed by atoms with Crippen LogP contribution in [-0.4, -0.2) is 45.9 Å². The number of rotatable bonds is 10. The molecular weight excluding hydrogens is 529 g/mol. The van der Waals surface area contributed by atoms with Gasteiger partial charge in [-0.3, -0.25) is 9.52 Å². The highest BCUT2D eigenvalue weighted by molar-refractivity contribution is 7.92. The fourth-order valence-corrected chi connectivity index (χ4v) is 6.92. The highest BCUT2D eigenvalue weighted by atomic mass is 32.2. The van der Waals surface area contributed by atoms with E-state index in [2.05, 4.69) is 10.0 Å². The lowest BCUT2D eigenvalue weighted by Gasteiger charge is -2.30. The molecule has 38 heavy (non-hydrogen) atoms. The third-order valence-electron chi connectivity index (χ3n) is 6.46. The Morgan fingerprint density at radius 2 is 1.45 bits per heavy atom. The van der Waals surface area contributed by atoms with Gasteiger partial charge in [0.1, 0.15) is 5.82 Å². The van der Waals surface area contributed by atoms with Crippen molar-refractivity contribution >= 4 is 37.3 Å². The summed E-state index contributed by atoms with van der Waals surface area (Å²) in [5.41, 5.74) is 1.77. The number of benzene rings is 3. The topological polar surface area (TPSA) is 113 Å². The summed E-state index contributed by atoms with van der Waals surface area (Å²) in [7, 11) is -7.27. The number of piperidine rings is 1. The molecule has 0 atom stereocenters. The number of carbonyl (C=O) groups is 1. The first-order valence-corrected chi connectivity index (χ1v) is 15.4. The monoisotopic (exact) mass is 559 g/mol. The standard InChI is InChI=1S/C27H30FN3O5S2/c28-23-8-10-25(11-9-23)30-38(35,36)26-14-12-24(13-15-26)29-27(32)22-16-18-31(19-17-22)37(33,34)20-4-7-21-5-2-1-3-6-21/h1-3,5-6,8-15,22,30H,4,7,16-20H2,(H,29,32). The molecule has 0 unspecified atom stereocenters. The molecule has 11 heteroatoms. The number of amides is 1. The number of anilines is 2. The zero-order valence-electron chi connectivity index (χ0n) is 20.7. The molecule has 2 N–H and O–H groups in total. The van der Waals surface area contributed by atoms with E-state index in [-0.39, 0.29) is 41.3 Å². The summed E-state index contributed by atoms with van der Waals surface area (Å²) in [6.45, 7) is 0.579. The molecule has 202 valence electrons. The molecule has 0 bridgehead atoms. The molecule has 4 rings (SSSR count). The quantitative estimate of drug-likeness (QED) is 0.386. The van der Waals surface area contributed by atoms with Crippen molar-refractivity contribution in [1.29, 1.82) is 0 Å². The second-order valence-electron chi connectivity index (χ2n) is 9.20. The number of nitrogens with one attached hydrogen (secondary N) is 2. The summed E-state index contributed by atoms with van der Waals surface area (Å²) in [6.07, 6.45) is 2.06. The molecule has 0 spiro atoms. The van der Waals surface area contributed by atoms with Gasteiger partial charge in [0.2, 0.25) is 15.9 Å². The second-order valence-corrected chi connectivity index (χ2v) is 13.0. The SMILES string of the molecule is O=C(Nc1ccc(S(=O)(=O)Nc2ccc(F)cc2)cc1)C1CCN(S(=O)(=O)CCCc2ccccc2)CC1. The van der Waals surface area contributed by atoms with E-state index in [9.17, 15) is 26.0 Å². The third kappa shape index (κ3) is 7.40. The van der Waals surface area contributed by atoms with Crippen LogP contribution < -0.4 is 10.0 Å². The van der Waals surface area contributed by atoms with E-state index in [0.717, 1.165) is 17.7 Å². The van der Waals surface area contributed by atoms with Crippen LogP contribution in [0, 0.1) is 11.7 Å². The molecular formula is C27H30FN3O5S2. The van der Waals surface area contributed by atoms with E-state index < -0.39 is 25.9 Å². The maximum Gasteiger partial charge on any atom is 0.261 e. The zero-order chi connectivity index (χ0) is 27.2. The van der Waals surface area contributed by atoms with E-state index in [4.69, 9.17) is 0 Å². The van der Waals surface area contributed by atoms with E-state index in [1.807, 2.05) is 30.3 Å². The summed E-state index contributed by atoms with van der Waals surface area (Å²) >= 11 is 0. The second kappa shape index (κ2) is 12.1. The fourth-order valence-electron chi connectivity index (χ4n) is 4.32. The van der Waals surface area contributed by atoms with Crippen molar-refractivity contribution < 1.29 is 26.0 Å². The molecule has 0 aromatic heterocycles. The van der Waals surface area contributed by atoms with Crippen molar-refractivity contribution in [1.82, 2.24) is 4.31 Å². The van der Waals surface area contributed by atoms with Crippen LogP contribution in [0.3, 0.4) is 0 Å². The van der Waals surface area contributed by atoms with Crippen molar-refractivity contribution in [3.8, 4) is 0 Å². The van der Waals surface area contributed by atoms with Crippen molar-refractivity contribution in [3.05, 3.63) is 90.2 Å². The van der Waals surface area contributed by atoms with Gasteiger partial charge in [-0.25, -0.2) is 25.5 Å². The molecule has 1 heterocycles. The van der Waals surface area contributed by atoms with Gasteiger partial charge in [0.05, 0.1) is 10.6 Å². The average Bonchev–Trinajstić information content (AvgIpc) is 2.91. The number of nitrogens with zero attached hydrogens (tertiary/aromatic N) is 1. The highest BCUT2D eigenvalue weighted by Gasteiger charge is 2.31. The van der Waals surface area contributed by atoms with Crippen LogP contribution >= 0.6 is 0 Å². The van der Waals surface area contributed by atoms with Gasteiger partial charge in [-0.2, -0.15) is 0 Å². The molecule has 3 aromatic rings. The number of hydrogen-bond acceptors (Lipinski definition) is 5. The molecule has 0 aliphatic carbocycles. The fraction of sp³-hybridized carbons (Fsp3) is 0.296. The number of halogens is 1. The minimum absolute atomic E-state index is 0.00870. The largest absolute Gasteiger partial charge is 0.326 e. The van der Waals surface area contributed by atoms with Gasteiger partial charge in [-0.05, 0) is 79.8 Å². The Morgan fingerprint density at radius 1 is 0.842 bits per heavy atom. The maximum absolute atomic E-state index is 13.1. The average molecular weight is 560 g/mol. The third-order valence-corrected chi connectivity index (χ3v) is 9.81. The summed E-state index contributed by atoms with van der Waals surface area (Å²) in [5.74, 6) is -0.969. The Morgan fingerprint density at radius 3 is 2.08 bits per heavy atom. The molecule has 3 aromatic carbocycles. The minimum Gasteiger partial charge on any atom is -0.326 e. The predicted molar refractivity (Wildman–Crippen MR) is 145 cm³/mol. The molecule has 1 fully saturated rings. The van der Waals surface area contributed by atoms with Gasteiger partial charge in [-0.1, -0.05) is 30.3 Å². The van der Waals surface area contributed by atoms with Crippen LogP contribution in [0.1, 0.15) is 24.8 Å². The summed E-state index contributed by atoms with van der Waals surface area (Å²) < 4.78 is 67.5.